The molecule has 1 aromatic carbocycles. The average Bonchev–Trinajstić information content (AvgIpc) is 2.86. The van der Waals surface area contributed by atoms with Crippen LogP contribution in [0.4, 0.5) is 0 Å². The second kappa shape index (κ2) is 7.95. The van der Waals surface area contributed by atoms with Crippen molar-refractivity contribution in [1.82, 2.24) is 16.2 Å². The highest BCUT2D eigenvalue weighted by Crippen LogP contribution is 2.21. The molecule has 1 aliphatic rings. The van der Waals surface area contributed by atoms with Gasteiger partial charge >= 0.3 is 0 Å². The quantitative estimate of drug-likeness (QED) is 0.603. The number of nitrogens with one attached hydrogen (secondary N) is 3. The first-order valence-corrected chi connectivity index (χ1v) is 10.8. The topological polar surface area (TPSA) is 87.3 Å². The van der Waals surface area contributed by atoms with E-state index in [9.17, 15) is 13.2 Å². The molecule has 8 heteroatoms. The lowest BCUT2D eigenvalue weighted by Crippen LogP contribution is -2.45. The molecule has 1 amide bonds. The fourth-order valence-electron chi connectivity index (χ4n) is 2.65. The SMILES string of the molecule is CC(C)C1NNC(C(=O)NCc2ccc(CS(C)(=O)=O)cc2)C1Br. The third-order valence-electron chi connectivity index (χ3n) is 3.99. The second-order valence-corrected chi connectivity index (χ2v) is 9.78. The number of hydrogen-bond acceptors (Lipinski definition) is 5. The summed E-state index contributed by atoms with van der Waals surface area (Å²) < 4.78 is 22.6. The van der Waals surface area contributed by atoms with Gasteiger partial charge in [-0.25, -0.2) is 13.8 Å². The van der Waals surface area contributed by atoms with Crippen LogP contribution in [0.3, 0.4) is 0 Å². The van der Waals surface area contributed by atoms with E-state index in [1.165, 1.54) is 6.26 Å². The van der Waals surface area contributed by atoms with Gasteiger partial charge in [-0.05, 0) is 17.0 Å². The van der Waals surface area contributed by atoms with Crippen LogP contribution in [0.15, 0.2) is 24.3 Å². The van der Waals surface area contributed by atoms with E-state index >= 15 is 0 Å². The number of hydrogen-bond donors (Lipinski definition) is 3. The lowest BCUT2D eigenvalue weighted by molar-refractivity contribution is -0.122. The fraction of sp³-hybridized carbons (Fsp3) is 0.562. The summed E-state index contributed by atoms with van der Waals surface area (Å²) in [7, 11) is -3.04. The monoisotopic (exact) mass is 417 g/mol. The standard InChI is InChI=1S/C16H24BrN3O3S/c1-10(2)14-13(17)15(20-19-14)16(21)18-8-11-4-6-12(7-5-11)9-24(3,22)23/h4-7,10,13-15,19-20H,8-9H2,1-3H3,(H,18,21). The molecule has 1 aliphatic heterocycles. The number of hydrazine groups is 1. The molecular formula is C16H24BrN3O3S. The minimum absolute atomic E-state index is 0.0228. The van der Waals surface area contributed by atoms with Gasteiger partial charge in [-0.1, -0.05) is 54.0 Å². The Morgan fingerprint density at radius 2 is 1.79 bits per heavy atom. The zero-order valence-electron chi connectivity index (χ0n) is 14.0. The van der Waals surface area contributed by atoms with Crippen molar-refractivity contribution in [2.24, 2.45) is 5.92 Å². The summed E-state index contributed by atoms with van der Waals surface area (Å²) in [4.78, 5) is 12.4. The van der Waals surface area contributed by atoms with Gasteiger partial charge in [0, 0.05) is 18.8 Å². The van der Waals surface area contributed by atoms with Gasteiger partial charge in [0.25, 0.3) is 0 Å². The molecule has 24 heavy (non-hydrogen) atoms. The van der Waals surface area contributed by atoms with E-state index in [0.29, 0.717) is 12.5 Å². The Hall–Kier alpha value is -0.960. The van der Waals surface area contributed by atoms with E-state index in [1.807, 2.05) is 12.1 Å². The van der Waals surface area contributed by atoms with Gasteiger partial charge in [0.1, 0.15) is 6.04 Å². The van der Waals surface area contributed by atoms with Crippen LogP contribution in [0.2, 0.25) is 0 Å². The maximum absolute atomic E-state index is 12.3. The molecule has 0 aromatic heterocycles. The van der Waals surface area contributed by atoms with E-state index in [-0.39, 0.29) is 28.6 Å². The molecule has 1 aromatic rings. The molecule has 6 nitrogen and oxygen atoms in total. The number of halogens is 1. The van der Waals surface area contributed by atoms with Crippen molar-refractivity contribution in [3.05, 3.63) is 35.4 Å². The Labute approximate surface area is 151 Å². The van der Waals surface area contributed by atoms with Crippen molar-refractivity contribution < 1.29 is 13.2 Å². The van der Waals surface area contributed by atoms with Crippen LogP contribution in [-0.2, 0) is 26.9 Å². The number of amides is 1. The van der Waals surface area contributed by atoms with E-state index in [4.69, 9.17) is 0 Å². The number of sulfone groups is 1. The predicted octanol–water partition coefficient (Wildman–Crippen LogP) is 1.11. The van der Waals surface area contributed by atoms with E-state index < -0.39 is 9.84 Å². The van der Waals surface area contributed by atoms with Crippen molar-refractivity contribution in [2.75, 3.05) is 6.26 Å². The Bertz CT molecular complexity index is 676. The summed E-state index contributed by atoms with van der Waals surface area (Å²) in [5.41, 5.74) is 7.86. The highest BCUT2D eigenvalue weighted by atomic mass is 79.9. The third kappa shape index (κ3) is 5.27. The zero-order valence-corrected chi connectivity index (χ0v) is 16.4. The highest BCUT2D eigenvalue weighted by Gasteiger charge is 2.39. The predicted molar refractivity (Wildman–Crippen MR) is 98.2 cm³/mol. The Balaban J connectivity index is 1.88. The average molecular weight is 418 g/mol. The van der Waals surface area contributed by atoms with Gasteiger partial charge in [-0.15, -0.1) is 0 Å². The normalized spacial score (nSPS) is 24.3. The molecule has 134 valence electrons. The summed E-state index contributed by atoms with van der Waals surface area (Å²) in [6.07, 6.45) is 1.21. The Kier molecular flexibility index (Phi) is 6.41. The van der Waals surface area contributed by atoms with Crippen LogP contribution in [0.25, 0.3) is 0 Å². The number of carbonyl (C=O) groups excluding carboxylic acids is 1. The van der Waals surface area contributed by atoms with Gasteiger partial charge < -0.3 is 5.32 Å². The molecule has 1 fully saturated rings. The van der Waals surface area contributed by atoms with Crippen LogP contribution in [-0.4, -0.2) is 37.5 Å². The van der Waals surface area contributed by atoms with E-state index in [2.05, 4.69) is 45.9 Å². The summed E-state index contributed by atoms with van der Waals surface area (Å²) in [6, 6.07) is 7.09. The Morgan fingerprint density at radius 1 is 1.21 bits per heavy atom. The molecule has 1 saturated heterocycles. The van der Waals surface area contributed by atoms with Gasteiger partial charge in [0.15, 0.2) is 9.84 Å². The third-order valence-corrected chi connectivity index (χ3v) is 5.94. The summed E-state index contributed by atoms with van der Waals surface area (Å²) in [5.74, 6) is 0.355. The first-order chi connectivity index (χ1) is 11.2. The first-order valence-electron chi connectivity index (χ1n) is 7.86. The van der Waals surface area contributed by atoms with Crippen molar-refractivity contribution in [2.45, 2.75) is 43.1 Å². The Morgan fingerprint density at radius 3 is 2.29 bits per heavy atom. The number of carbonyl (C=O) groups is 1. The molecule has 0 bridgehead atoms. The zero-order chi connectivity index (χ0) is 17.9. The van der Waals surface area contributed by atoms with Gasteiger partial charge in [-0.3, -0.25) is 10.2 Å². The van der Waals surface area contributed by atoms with Gasteiger partial charge in [0.2, 0.25) is 5.91 Å². The molecule has 3 unspecified atom stereocenters. The molecule has 0 spiro atoms. The largest absolute Gasteiger partial charge is 0.351 e. The first kappa shape index (κ1) is 19.4. The summed E-state index contributed by atoms with van der Waals surface area (Å²) >= 11 is 3.59. The number of rotatable bonds is 6. The van der Waals surface area contributed by atoms with Crippen LogP contribution in [0.5, 0.6) is 0 Å². The lowest BCUT2D eigenvalue weighted by Gasteiger charge is -2.19. The highest BCUT2D eigenvalue weighted by molar-refractivity contribution is 9.09. The molecule has 3 atom stereocenters. The second-order valence-electron chi connectivity index (χ2n) is 6.58. The maximum atomic E-state index is 12.3. The van der Waals surface area contributed by atoms with Crippen molar-refractivity contribution in [1.29, 1.82) is 0 Å². The molecule has 2 rings (SSSR count). The number of alkyl halides is 1. The van der Waals surface area contributed by atoms with Crippen molar-refractivity contribution in [3.8, 4) is 0 Å². The van der Waals surface area contributed by atoms with Crippen LogP contribution >= 0.6 is 15.9 Å². The molecule has 3 N–H and O–H groups in total. The summed E-state index contributed by atoms with van der Waals surface area (Å²) in [5, 5.41) is 2.91. The number of benzene rings is 1. The lowest BCUT2D eigenvalue weighted by atomic mass is 9.99. The summed E-state index contributed by atoms with van der Waals surface area (Å²) in [6.45, 7) is 4.61. The van der Waals surface area contributed by atoms with Crippen molar-refractivity contribution in [3.63, 3.8) is 0 Å². The minimum Gasteiger partial charge on any atom is -0.351 e. The van der Waals surface area contributed by atoms with E-state index in [0.717, 1.165) is 11.1 Å². The van der Waals surface area contributed by atoms with Crippen LogP contribution in [0.1, 0.15) is 25.0 Å². The molecule has 0 saturated carbocycles. The van der Waals surface area contributed by atoms with Gasteiger partial charge in [0.05, 0.1) is 10.6 Å². The molecule has 1 heterocycles. The van der Waals surface area contributed by atoms with Crippen LogP contribution < -0.4 is 16.2 Å². The molecular weight excluding hydrogens is 394 g/mol. The van der Waals surface area contributed by atoms with Crippen LogP contribution in [0, 0.1) is 5.92 Å². The maximum Gasteiger partial charge on any atom is 0.239 e. The fourth-order valence-corrected chi connectivity index (χ4v) is 4.57. The molecule has 0 radical (unpaired) electrons. The minimum atomic E-state index is -3.04. The van der Waals surface area contributed by atoms with E-state index in [1.54, 1.807) is 12.1 Å². The van der Waals surface area contributed by atoms with Gasteiger partial charge in [-0.2, -0.15) is 0 Å². The smallest absolute Gasteiger partial charge is 0.239 e. The molecule has 0 aliphatic carbocycles. The van der Waals surface area contributed by atoms with Crippen molar-refractivity contribution >= 4 is 31.7 Å².